The molecule has 3 rings (SSSR count). The number of carbonyl (C=O) groups excluding carboxylic acids is 1. The number of hydrogen-bond donors (Lipinski definition) is 1. The molecule has 114 valence electrons. The normalized spacial score (nSPS) is 26.3. The molecule has 1 heterocycles. The van der Waals surface area contributed by atoms with Gasteiger partial charge in [-0.2, -0.15) is 0 Å². The fourth-order valence-corrected chi connectivity index (χ4v) is 3.79. The van der Waals surface area contributed by atoms with Crippen LogP contribution in [0.25, 0.3) is 0 Å². The number of fused-ring (bicyclic) bond motifs is 1. The van der Waals surface area contributed by atoms with E-state index in [2.05, 4.69) is 0 Å². The molecule has 4 heteroatoms. The minimum atomic E-state index is -1.08. The number of amides is 1. The van der Waals surface area contributed by atoms with Crippen molar-refractivity contribution >= 4 is 5.91 Å². The van der Waals surface area contributed by atoms with Crippen LogP contribution in [0, 0.1) is 5.92 Å². The Morgan fingerprint density at radius 1 is 1.33 bits per heavy atom. The number of hydrogen-bond acceptors (Lipinski definition) is 3. The van der Waals surface area contributed by atoms with E-state index >= 15 is 0 Å². The molecule has 0 radical (unpaired) electrons. The molecule has 2 fully saturated rings. The first kappa shape index (κ1) is 14.4. The smallest absolute Gasteiger partial charge is 0.256 e. The van der Waals surface area contributed by atoms with Crippen LogP contribution in [0.15, 0.2) is 24.3 Å². The van der Waals surface area contributed by atoms with Crippen LogP contribution in [0.5, 0.6) is 5.75 Å². The predicted octanol–water partition coefficient (Wildman–Crippen LogP) is 2.52. The third-order valence-corrected chi connectivity index (χ3v) is 4.94. The van der Waals surface area contributed by atoms with Gasteiger partial charge in [-0.15, -0.1) is 0 Å². The zero-order valence-corrected chi connectivity index (χ0v) is 12.5. The van der Waals surface area contributed by atoms with Crippen LogP contribution in [0.2, 0.25) is 0 Å². The van der Waals surface area contributed by atoms with Gasteiger partial charge in [0.25, 0.3) is 5.91 Å². The molecule has 0 bridgehead atoms. The summed E-state index contributed by atoms with van der Waals surface area (Å²) in [5, 5.41) is 10.4. The number of ether oxygens (including phenoxy) is 1. The second-order valence-corrected chi connectivity index (χ2v) is 6.11. The molecule has 3 unspecified atom stereocenters. The van der Waals surface area contributed by atoms with Crippen molar-refractivity contribution in [3.8, 4) is 5.75 Å². The Kier molecular flexibility index (Phi) is 4.15. The maximum atomic E-state index is 12.6. The van der Waals surface area contributed by atoms with Gasteiger partial charge in [-0.05, 0) is 42.9 Å². The van der Waals surface area contributed by atoms with Crippen molar-refractivity contribution in [3.05, 3.63) is 29.8 Å². The van der Waals surface area contributed by atoms with E-state index in [1.54, 1.807) is 25.3 Å². The minimum absolute atomic E-state index is 0.155. The van der Waals surface area contributed by atoms with Crippen LogP contribution in [-0.2, 0) is 4.79 Å². The SMILES string of the molecule is COc1cccc(C(O)C(=O)N2CCC3CCCCC32)c1. The molecule has 1 aliphatic carbocycles. The van der Waals surface area contributed by atoms with Crippen LogP contribution < -0.4 is 4.74 Å². The van der Waals surface area contributed by atoms with Gasteiger partial charge >= 0.3 is 0 Å². The van der Waals surface area contributed by atoms with E-state index in [9.17, 15) is 9.90 Å². The summed E-state index contributed by atoms with van der Waals surface area (Å²) in [4.78, 5) is 14.5. The van der Waals surface area contributed by atoms with E-state index in [0.717, 1.165) is 19.4 Å². The molecular weight excluding hydrogens is 266 g/mol. The van der Waals surface area contributed by atoms with Gasteiger partial charge in [-0.25, -0.2) is 0 Å². The van der Waals surface area contributed by atoms with E-state index < -0.39 is 6.10 Å². The quantitative estimate of drug-likeness (QED) is 0.930. The molecule has 4 nitrogen and oxygen atoms in total. The Labute approximate surface area is 125 Å². The molecule has 1 N–H and O–H groups in total. The number of carbonyl (C=O) groups is 1. The van der Waals surface area contributed by atoms with Gasteiger partial charge in [0.1, 0.15) is 5.75 Å². The number of likely N-dealkylation sites (tertiary alicyclic amines) is 1. The number of aliphatic hydroxyl groups excluding tert-OH is 1. The molecule has 1 aromatic rings. The second-order valence-electron chi connectivity index (χ2n) is 6.11. The van der Waals surface area contributed by atoms with Crippen molar-refractivity contribution in [2.75, 3.05) is 13.7 Å². The largest absolute Gasteiger partial charge is 0.497 e. The maximum absolute atomic E-state index is 12.6. The summed E-state index contributed by atoms with van der Waals surface area (Å²) in [6.45, 7) is 0.787. The Hall–Kier alpha value is -1.55. The molecular formula is C17H23NO3. The van der Waals surface area contributed by atoms with E-state index in [-0.39, 0.29) is 5.91 Å². The van der Waals surface area contributed by atoms with Crippen LogP contribution in [-0.4, -0.2) is 35.6 Å². The summed E-state index contributed by atoms with van der Waals surface area (Å²) in [6, 6.07) is 7.47. The lowest BCUT2D eigenvalue weighted by Crippen LogP contribution is -2.41. The number of methoxy groups -OCH3 is 1. The van der Waals surface area contributed by atoms with E-state index in [1.807, 2.05) is 11.0 Å². The summed E-state index contributed by atoms with van der Waals surface area (Å²) in [6.07, 6.45) is 4.79. The van der Waals surface area contributed by atoms with E-state index in [0.29, 0.717) is 23.3 Å². The van der Waals surface area contributed by atoms with Crippen LogP contribution in [0.4, 0.5) is 0 Å². The van der Waals surface area contributed by atoms with Gasteiger partial charge in [0, 0.05) is 12.6 Å². The van der Waals surface area contributed by atoms with Gasteiger partial charge in [-0.3, -0.25) is 4.79 Å². The summed E-state index contributed by atoms with van der Waals surface area (Å²) >= 11 is 0. The van der Waals surface area contributed by atoms with Crippen LogP contribution >= 0.6 is 0 Å². The minimum Gasteiger partial charge on any atom is -0.497 e. The number of aliphatic hydroxyl groups is 1. The molecule has 1 amide bonds. The van der Waals surface area contributed by atoms with Crippen molar-refractivity contribution in [2.45, 2.75) is 44.2 Å². The third-order valence-electron chi connectivity index (χ3n) is 4.94. The van der Waals surface area contributed by atoms with Gasteiger partial charge in [0.2, 0.25) is 0 Å². The van der Waals surface area contributed by atoms with Crippen molar-refractivity contribution in [1.82, 2.24) is 4.90 Å². The molecule has 21 heavy (non-hydrogen) atoms. The van der Waals surface area contributed by atoms with E-state index in [1.165, 1.54) is 19.3 Å². The standard InChI is InChI=1S/C17H23NO3/c1-21-14-7-4-6-13(11-14)16(19)17(20)18-10-9-12-5-2-3-8-15(12)18/h4,6-7,11-12,15-16,19H,2-3,5,8-10H2,1H3. The summed E-state index contributed by atoms with van der Waals surface area (Å²) in [7, 11) is 1.58. The highest BCUT2D eigenvalue weighted by atomic mass is 16.5. The molecule has 1 saturated heterocycles. The third kappa shape index (κ3) is 2.77. The molecule has 2 aliphatic rings. The zero-order valence-electron chi connectivity index (χ0n) is 12.5. The highest BCUT2D eigenvalue weighted by Crippen LogP contribution is 2.37. The zero-order chi connectivity index (χ0) is 14.8. The first-order valence-corrected chi connectivity index (χ1v) is 7.83. The molecule has 1 aromatic carbocycles. The summed E-state index contributed by atoms with van der Waals surface area (Å²) < 4.78 is 5.16. The average Bonchev–Trinajstić information content (AvgIpc) is 2.97. The lowest BCUT2D eigenvalue weighted by molar-refractivity contribution is -0.142. The number of benzene rings is 1. The first-order chi connectivity index (χ1) is 10.2. The fourth-order valence-electron chi connectivity index (χ4n) is 3.79. The first-order valence-electron chi connectivity index (χ1n) is 7.83. The predicted molar refractivity (Wildman–Crippen MR) is 80.0 cm³/mol. The summed E-state index contributed by atoms with van der Waals surface area (Å²) in [5.74, 6) is 1.15. The van der Waals surface area contributed by atoms with Gasteiger partial charge in [-0.1, -0.05) is 25.0 Å². The average molecular weight is 289 g/mol. The van der Waals surface area contributed by atoms with Crippen LogP contribution in [0.1, 0.15) is 43.8 Å². The topological polar surface area (TPSA) is 49.8 Å². The molecule has 3 atom stereocenters. The Morgan fingerprint density at radius 2 is 2.14 bits per heavy atom. The monoisotopic (exact) mass is 289 g/mol. The van der Waals surface area contributed by atoms with Gasteiger partial charge in [0.15, 0.2) is 6.10 Å². The van der Waals surface area contributed by atoms with E-state index in [4.69, 9.17) is 4.74 Å². The highest BCUT2D eigenvalue weighted by Gasteiger charge is 2.40. The van der Waals surface area contributed by atoms with Crippen molar-refractivity contribution in [2.24, 2.45) is 5.92 Å². The molecule has 0 spiro atoms. The van der Waals surface area contributed by atoms with Crippen molar-refractivity contribution in [1.29, 1.82) is 0 Å². The molecule has 0 aromatic heterocycles. The Balaban J connectivity index is 1.74. The summed E-state index contributed by atoms with van der Waals surface area (Å²) in [5.41, 5.74) is 0.610. The second kappa shape index (κ2) is 6.06. The lowest BCUT2D eigenvalue weighted by atomic mass is 9.85. The number of rotatable bonds is 3. The Bertz CT molecular complexity index is 517. The molecule has 1 saturated carbocycles. The van der Waals surface area contributed by atoms with Gasteiger partial charge in [0.05, 0.1) is 7.11 Å². The molecule has 1 aliphatic heterocycles. The highest BCUT2D eigenvalue weighted by molar-refractivity contribution is 5.82. The lowest BCUT2D eigenvalue weighted by Gasteiger charge is -2.32. The van der Waals surface area contributed by atoms with Crippen molar-refractivity contribution in [3.63, 3.8) is 0 Å². The fraction of sp³-hybridized carbons (Fsp3) is 0.588. The maximum Gasteiger partial charge on any atom is 0.256 e. The van der Waals surface area contributed by atoms with Gasteiger partial charge < -0.3 is 14.7 Å². The Morgan fingerprint density at radius 3 is 2.95 bits per heavy atom. The van der Waals surface area contributed by atoms with Crippen LogP contribution in [0.3, 0.4) is 0 Å². The number of nitrogens with zero attached hydrogens (tertiary/aromatic N) is 1. The van der Waals surface area contributed by atoms with Crippen molar-refractivity contribution < 1.29 is 14.6 Å².